The second kappa shape index (κ2) is 25.1. The molecule has 4 rings (SSSR count). The van der Waals surface area contributed by atoms with Gasteiger partial charge in [0.05, 0.1) is 24.8 Å². The number of oxime groups is 1. The fourth-order valence-corrected chi connectivity index (χ4v) is 9.20. The number of nitrogens with zero attached hydrogens (tertiary/aromatic N) is 2. The molecule has 0 unspecified atom stereocenters. The number of aliphatic hydroxyl groups excluding tert-OH is 2. The maximum atomic E-state index is 14.0. The predicted octanol–water partition coefficient (Wildman–Crippen LogP) is 9.44. The van der Waals surface area contributed by atoms with E-state index in [1.165, 1.54) is 44.9 Å². The molecule has 0 bridgehead atoms. The summed E-state index contributed by atoms with van der Waals surface area (Å²) in [6, 6.07) is 4.78. The van der Waals surface area contributed by atoms with Gasteiger partial charge in [-0.3, -0.25) is 0 Å². The van der Waals surface area contributed by atoms with Crippen LogP contribution in [0.15, 0.2) is 47.7 Å². The van der Waals surface area contributed by atoms with Crippen LogP contribution in [-0.4, -0.2) is 91.5 Å². The number of fused-ring (bicyclic) bond motifs is 2. The van der Waals surface area contributed by atoms with E-state index in [9.17, 15) is 19.8 Å². The summed E-state index contributed by atoms with van der Waals surface area (Å²) in [7, 11) is 1.74. The van der Waals surface area contributed by atoms with E-state index in [0.29, 0.717) is 50.5 Å². The van der Waals surface area contributed by atoms with Gasteiger partial charge in [0.15, 0.2) is 0 Å². The highest BCUT2D eigenvalue weighted by molar-refractivity contribution is 6.02. The summed E-state index contributed by atoms with van der Waals surface area (Å²) in [4.78, 5) is 34.0. The van der Waals surface area contributed by atoms with Crippen LogP contribution in [0.4, 0.5) is 9.59 Å². The minimum absolute atomic E-state index is 0.0498. The summed E-state index contributed by atoms with van der Waals surface area (Å²) in [5.74, 6) is -0.950. The number of allylic oxidation sites excluding steroid dienone is 1. The van der Waals surface area contributed by atoms with Gasteiger partial charge in [-0.15, -0.1) is 6.58 Å². The van der Waals surface area contributed by atoms with Gasteiger partial charge in [-0.2, -0.15) is 0 Å². The van der Waals surface area contributed by atoms with Crippen LogP contribution in [0.2, 0.25) is 0 Å². The number of unbranched alkanes of at least 4 members (excludes halogenated alkanes) is 11. The van der Waals surface area contributed by atoms with Crippen molar-refractivity contribution in [1.82, 2.24) is 10.2 Å². The van der Waals surface area contributed by atoms with Crippen molar-refractivity contribution in [2.75, 3.05) is 46.6 Å². The van der Waals surface area contributed by atoms with Crippen LogP contribution in [0, 0.1) is 17.8 Å². The number of nitrogens with one attached hydrogen (secondary N) is 1. The predicted molar refractivity (Wildman–Crippen MR) is 227 cm³/mol. The topological polar surface area (TPSA) is 148 Å². The summed E-state index contributed by atoms with van der Waals surface area (Å²) in [6.45, 7) is 11.4. The molecule has 2 amide bonds. The van der Waals surface area contributed by atoms with E-state index < -0.39 is 29.9 Å². The molecule has 1 aromatic rings. The number of rotatable bonds is 27. The van der Waals surface area contributed by atoms with Crippen LogP contribution < -0.4 is 14.8 Å². The second-order valence-electron chi connectivity index (χ2n) is 16.0. The minimum atomic E-state index is -1.37. The number of carbonyl (C=O) groups is 2. The van der Waals surface area contributed by atoms with Gasteiger partial charge in [0.1, 0.15) is 24.1 Å². The molecule has 58 heavy (non-hydrogen) atoms. The van der Waals surface area contributed by atoms with Crippen LogP contribution in [0.5, 0.6) is 11.5 Å². The van der Waals surface area contributed by atoms with Gasteiger partial charge in [0, 0.05) is 44.7 Å². The second-order valence-corrected chi connectivity index (χ2v) is 16.0. The number of ether oxygens (including phenoxy) is 4. The SMILES string of the molecule is C=CCO[C@@]12Oc3ccc(OC(=O)NCC)cc3[C@H]3[C@H](CCCCO)[C@@H](CCCCO)C=C(C(=NOCC)C[C@@H]1N(C)C(=O)OCCCCCCCCCCCC)[C@H]32. The molecule has 1 aliphatic heterocycles. The Morgan fingerprint density at radius 1 is 0.966 bits per heavy atom. The zero-order chi connectivity index (χ0) is 41.8. The van der Waals surface area contributed by atoms with Crippen molar-refractivity contribution in [2.24, 2.45) is 22.9 Å². The molecule has 1 heterocycles. The normalized spacial score (nSPS) is 23.9. The molecule has 0 spiro atoms. The molecule has 0 saturated heterocycles. The molecule has 1 aromatic carbocycles. The van der Waals surface area contributed by atoms with Crippen LogP contribution in [-0.2, 0) is 14.3 Å². The summed E-state index contributed by atoms with van der Waals surface area (Å²) in [5, 5.41) is 27.0. The lowest BCUT2D eigenvalue weighted by atomic mass is 9.55. The largest absolute Gasteiger partial charge is 0.459 e. The standard InChI is InChI=1S/C46H73N3O9/c1-6-10-11-12-13-14-15-16-17-22-30-54-45(53)49(5)41-33-39(48-56-9-4)37-31-34(23-18-20-27-50)36(24-19-21-28-51)42-38-32-35(57-44(52)47-8-3)25-26-40(38)58-46(41,43(37)42)55-29-7-2/h7,25-26,31-32,34,36,41-43,50-51H,2,6,8-24,27-30,33H2,1,3-5H3,(H,47,52)/t34-,36+,41-,42+,43+,46+/m0/s1. The Balaban J connectivity index is 1.74. The molecule has 2 aliphatic carbocycles. The van der Waals surface area contributed by atoms with Crippen LogP contribution >= 0.6 is 0 Å². The Bertz CT molecular complexity index is 1480. The molecule has 3 N–H and O–H groups in total. The molecule has 1 saturated carbocycles. The molecule has 12 nitrogen and oxygen atoms in total. The zero-order valence-electron chi connectivity index (χ0n) is 35.9. The van der Waals surface area contributed by atoms with Crippen LogP contribution in [0.3, 0.4) is 0 Å². The van der Waals surface area contributed by atoms with Gasteiger partial charge in [-0.25, -0.2) is 9.59 Å². The molecule has 326 valence electrons. The Morgan fingerprint density at radius 2 is 1.66 bits per heavy atom. The maximum Gasteiger partial charge on any atom is 0.412 e. The molecule has 0 aromatic heterocycles. The smallest absolute Gasteiger partial charge is 0.412 e. The van der Waals surface area contributed by atoms with Crippen molar-refractivity contribution < 1.29 is 43.6 Å². The highest BCUT2D eigenvalue weighted by atomic mass is 16.7. The van der Waals surface area contributed by atoms with Crippen molar-refractivity contribution >= 4 is 17.9 Å². The number of carbonyl (C=O) groups excluding carboxylic acids is 2. The summed E-state index contributed by atoms with van der Waals surface area (Å²) < 4.78 is 25.7. The number of benzene rings is 1. The first-order chi connectivity index (χ1) is 28.3. The first kappa shape index (κ1) is 47.1. The van der Waals surface area contributed by atoms with Gasteiger partial charge >= 0.3 is 12.2 Å². The van der Waals surface area contributed by atoms with Crippen LogP contribution in [0.25, 0.3) is 0 Å². The number of hydrogen-bond donors (Lipinski definition) is 3. The van der Waals surface area contributed by atoms with Gasteiger partial charge in [0.2, 0.25) is 5.79 Å². The Labute approximate surface area is 347 Å². The number of amides is 2. The molecular weight excluding hydrogens is 739 g/mol. The van der Waals surface area contributed by atoms with E-state index in [1.807, 2.05) is 26.0 Å². The minimum Gasteiger partial charge on any atom is -0.459 e. The monoisotopic (exact) mass is 812 g/mol. The highest BCUT2D eigenvalue weighted by Crippen LogP contribution is 2.61. The van der Waals surface area contributed by atoms with E-state index in [-0.39, 0.29) is 37.6 Å². The van der Waals surface area contributed by atoms with E-state index in [4.69, 9.17) is 28.9 Å². The van der Waals surface area contributed by atoms with Crippen molar-refractivity contribution in [1.29, 1.82) is 0 Å². The molecule has 6 atom stereocenters. The quantitative estimate of drug-likeness (QED) is 0.0449. The maximum absolute atomic E-state index is 14.0. The molecule has 3 aliphatic rings. The molecule has 1 fully saturated rings. The lowest BCUT2D eigenvalue weighted by Gasteiger charge is -2.59. The average Bonchev–Trinajstić information content (AvgIpc) is 3.22. The van der Waals surface area contributed by atoms with E-state index in [0.717, 1.165) is 61.8 Å². The Kier molecular flexibility index (Phi) is 20.4. The third-order valence-corrected chi connectivity index (χ3v) is 12.0. The molecule has 0 radical (unpaired) electrons. The van der Waals surface area contributed by atoms with E-state index in [1.54, 1.807) is 24.1 Å². The van der Waals surface area contributed by atoms with Crippen LogP contribution in [0.1, 0.15) is 141 Å². The first-order valence-electron chi connectivity index (χ1n) is 22.4. The lowest BCUT2D eigenvalue weighted by molar-refractivity contribution is -0.253. The van der Waals surface area contributed by atoms with E-state index in [2.05, 4.69) is 24.9 Å². The first-order valence-corrected chi connectivity index (χ1v) is 22.4. The average molecular weight is 812 g/mol. The fraction of sp³-hybridized carbons (Fsp3) is 0.717. The van der Waals surface area contributed by atoms with Crippen molar-refractivity contribution in [2.45, 2.75) is 148 Å². The third-order valence-electron chi connectivity index (χ3n) is 12.0. The summed E-state index contributed by atoms with van der Waals surface area (Å²) in [6.07, 6.45) is 19.8. The Morgan fingerprint density at radius 3 is 2.31 bits per heavy atom. The lowest BCUT2D eigenvalue weighted by Crippen LogP contribution is -2.69. The van der Waals surface area contributed by atoms with Crippen molar-refractivity contribution in [3.63, 3.8) is 0 Å². The van der Waals surface area contributed by atoms with Gasteiger partial charge in [-0.1, -0.05) is 94.9 Å². The number of likely N-dealkylation sites (N-methyl/N-ethyl adjacent to an activating group) is 1. The number of hydrogen-bond acceptors (Lipinski definition) is 10. The summed E-state index contributed by atoms with van der Waals surface area (Å²) in [5.41, 5.74) is 2.54. The fourth-order valence-electron chi connectivity index (χ4n) is 9.20. The molecule has 12 heteroatoms. The van der Waals surface area contributed by atoms with Gasteiger partial charge in [0.25, 0.3) is 0 Å². The third kappa shape index (κ3) is 12.5. The van der Waals surface area contributed by atoms with Crippen molar-refractivity contribution in [3.8, 4) is 11.5 Å². The van der Waals surface area contributed by atoms with Crippen molar-refractivity contribution in [3.05, 3.63) is 48.1 Å². The van der Waals surface area contributed by atoms with Gasteiger partial charge in [-0.05, 0) is 81.6 Å². The zero-order valence-corrected chi connectivity index (χ0v) is 35.9. The Hall–Kier alpha value is -3.61. The molecular formula is C46H73N3O9. The number of aliphatic hydroxyl groups is 2. The van der Waals surface area contributed by atoms with E-state index >= 15 is 0 Å². The summed E-state index contributed by atoms with van der Waals surface area (Å²) >= 11 is 0. The highest BCUT2D eigenvalue weighted by Gasteiger charge is 2.65. The van der Waals surface area contributed by atoms with Gasteiger partial charge < -0.3 is 44.2 Å².